The summed E-state index contributed by atoms with van der Waals surface area (Å²) in [6, 6.07) is -0.538. The Morgan fingerprint density at radius 1 is 0.307 bits per heavy atom. The average Bonchev–Trinajstić information content (AvgIpc) is 3.59. The van der Waals surface area contributed by atoms with Gasteiger partial charge < -0.3 is 20.3 Å². The molecule has 0 rings (SSSR count). The van der Waals surface area contributed by atoms with Gasteiger partial charge >= 0.3 is 5.97 Å². The summed E-state index contributed by atoms with van der Waals surface area (Å²) in [6.45, 7) is 4.99. The van der Waals surface area contributed by atoms with Crippen molar-refractivity contribution in [3.05, 3.63) is 24.3 Å². The van der Waals surface area contributed by atoms with Gasteiger partial charge in [0.2, 0.25) is 5.91 Å². The van der Waals surface area contributed by atoms with E-state index in [9.17, 15) is 19.8 Å². The lowest BCUT2D eigenvalue weighted by atomic mass is 10.0. The maximum absolute atomic E-state index is 12.5. The molecule has 0 spiro atoms. The normalized spacial score (nSPS) is 12.5. The zero-order valence-corrected chi connectivity index (χ0v) is 60.0. The van der Waals surface area contributed by atoms with Crippen molar-refractivity contribution < 1.29 is 24.5 Å². The van der Waals surface area contributed by atoms with E-state index in [-0.39, 0.29) is 18.5 Å². The van der Waals surface area contributed by atoms with E-state index in [0.717, 1.165) is 38.5 Å². The van der Waals surface area contributed by atoms with Gasteiger partial charge in [0.25, 0.3) is 0 Å². The predicted octanol–water partition coefficient (Wildman–Crippen LogP) is 26.8. The van der Waals surface area contributed by atoms with Crippen LogP contribution in [0.15, 0.2) is 24.3 Å². The molecule has 0 aromatic carbocycles. The quantitative estimate of drug-likeness (QED) is 0.0320. The summed E-state index contributed by atoms with van der Waals surface area (Å²) in [5.74, 6) is -0.00688. The second-order valence-corrected chi connectivity index (χ2v) is 28.1. The van der Waals surface area contributed by atoms with Crippen molar-refractivity contribution in [1.82, 2.24) is 5.32 Å². The molecule has 1 amide bonds. The first-order valence-electron chi connectivity index (χ1n) is 40.6. The molecular weight excluding hydrogens is 1080 g/mol. The highest BCUT2D eigenvalue weighted by Gasteiger charge is 2.20. The van der Waals surface area contributed by atoms with E-state index in [1.807, 2.05) is 0 Å². The van der Waals surface area contributed by atoms with E-state index >= 15 is 0 Å². The van der Waals surface area contributed by atoms with Crippen molar-refractivity contribution in [2.24, 2.45) is 0 Å². The summed E-state index contributed by atoms with van der Waals surface area (Å²) in [5.41, 5.74) is 0. The van der Waals surface area contributed by atoms with Gasteiger partial charge in [0, 0.05) is 12.8 Å². The van der Waals surface area contributed by atoms with Crippen molar-refractivity contribution in [1.29, 1.82) is 0 Å². The number of ether oxygens (including phenoxy) is 1. The molecule has 0 bridgehead atoms. The van der Waals surface area contributed by atoms with Crippen LogP contribution in [0.1, 0.15) is 463 Å². The van der Waals surface area contributed by atoms with Gasteiger partial charge in [-0.25, -0.2) is 0 Å². The molecule has 522 valence electrons. The molecule has 2 unspecified atom stereocenters. The van der Waals surface area contributed by atoms with Gasteiger partial charge in [-0.3, -0.25) is 9.59 Å². The van der Waals surface area contributed by atoms with Gasteiger partial charge in [-0.2, -0.15) is 0 Å². The first kappa shape index (κ1) is 86.3. The number of rotatable bonds is 77. The van der Waals surface area contributed by atoms with E-state index in [2.05, 4.69) is 43.5 Å². The highest BCUT2D eigenvalue weighted by Crippen LogP contribution is 2.20. The third kappa shape index (κ3) is 73.4. The van der Waals surface area contributed by atoms with Crippen LogP contribution in [0.5, 0.6) is 0 Å². The third-order valence-corrected chi connectivity index (χ3v) is 19.2. The minimum atomic E-state index is -0.661. The fraction of sp³-hybridized carbons (Fsp3) is 0.927. The van der Waals surface area contributed by atoms with Crippen molar-refractivity contribution in [2.75, 3.05) is 13.2 Å². The van der Waals surface area contributed by atoms with Crippen LogP contribution < -0.4 is 5.32 Å². The van der Waals surface area contributed by atoms with Crippen LogP contribution in [0.4, 0.5) is 0 Å². The lowest BCUT2D eigenvalue weighted by Crippen LogP contribution is -2.45. The minimum absolute atomic E-state index is 0.0201. The highest BCUT2D eigenvalue weighted by atomic mass is 16.5. The molecular formula is C82H159NO5. The van der Waals surface area contributed by atoms with Crippen LogP contribution in [-0.4, -0.2) is 47.4 Å². The van der Waals surface area contributed by atoms with Crippen LogP contribution in [0, 0.1) is 0 Å². The summed E-state index contributed by atoms with van der Waals surface area (Å²) in [7, 11) is 0. The first-order chi connectivity index (χ1) is 43.5. The minimum Gasteiger partial charge on any atom is -0.466 e. The van der Waals surface area contributed by atoms with Crippen LogP contribution in [0.25, 0.3) is 0 Å². The monoisotopic (exact) mass is 1240 g/mol. The average molecular weight is 1240 g/mol. The maximum atomic E-state index is 12.5. The zero-order chi connectivity index (χ0) is 63.5. The molecule has 3 N–H and O–H groups in total. The van der Waals surface area contributed by atoms with E-state index < -0.39 is 12.1 Å². The smallest absolute Gasteiger partial charge is 0.305 e. The Labute approximate surface area is 551 Å². The van der Waals surface area contributed by atoms with Crippen molar-refractivity contribution in [3.63, 3.8) is 0 Å². The SMILES string of the molecule is CCCCCCCC/C=C\CCCCCCCCCC(=O)OCCCCCCCCCCCCCCCCCCCC/C=C\CCCCCCCCCCCCCCCCCCCC(=O)NC(CO)C(O)CCCCCCCCCCCCCCCCC. The van der Waals surface area contributed by atoms with Gasteiger partial charge in [0.05, 0.1) is 25.4 Å². The molecule has 0 fully saturated rings. The van der Waals surface area contributed by atoms with Gasteiger partial charge in [-0.05, 0) is 77.0 Å². The molecule has 0 aromatic heterocycles. The van der Waals surface area contributed by atoms with E-state index in [4.69, 9.17) is 4.74 Å². The molecule has 0 aliphatic heterocycles. The summed E-state index contributed by atoms with van der Waals surface area (Å²) in [5, 5.41) is 23.4. The molecule has 6 nitrogen and oxygen atoms in total. The number of carbonyl (C=O) groups is 2. The Morgan fingerprint density at radius 2 is 0.534 bits per heavy atom. The first-order valence-corrected chi connectivity index (χ1v) is 40.6. The number of allylic oxidation sites excluding steroid dienone is 4. The third-order valence-electron chi connectivity index (χ3n) is 19.2. The number of unbranched alkanes of at least 4 members (excludes halogenated alkanes) is 62. The number of aliphatic hydroxyl groups is 2. The Morgan fingerprint density at radius 3 is 0.807 bits per heavy atom. The van der Waals surface area contributed by atoms with Gasteiger partial charge in [0.15, 0.2) is 0 Å². The zero-order valence-electron chi connectivity index (χ0n) is 60.0. The molecule has 0 saturated carbocycles. The predicted molar refractivity (Wildman–Crippen MR) is 389 cm³/mol. The Bertz CT molecular complexity index is 1380. The molecule has 0 saturated heterocycles. The molecule has 6 heteroatoms. The lowest BCUT2D eigenvalue weighted by molar-refractivity contribution is -0.143. The number of hydrogen-bond donors (Lipinski definition) is 3. The van der Waals surface area contributed by atoms with Crippen molar-refractivity contribution >= 4 is 11.9 Å². The number of esters is 1. The summed E-state index contributed by atoms with van der Waals surface area (Å²) >= 11 is 0. The van der Waals surface area contributed by atoms with Crippen LogP contribution in [-0.2, 0) is 14.3 Å². The maximum Gasteiger partial charge on any atom is 0.305 e. The fourth-order valence-electron chi connectivity index (χ4n) is 13.0. The number of hydrogen-bond acceptors (Lipinski definition) is 5. The Kier molecular flexibility index (Phi) is 76.3. The molecule has 0 aliphatic carbocycles. The van der Waals surface area contributed by atoms with Crippen molar-refractivity contribution in [3.8, 4) is 0 Å². The highest BCUT2D eigenvalue weighted by molar-refractivity contribution is 5.76. The standard InChI is InChI=1S/C82H159NO5/c1-3-5-7-9-11-13-15-17-19-43-48-52-56-60-64-68-72-76-82(87)88-77-73-69-65-61-57-53-49-45-42-40-38-36-34-32-30-28-26-24-22-20-21-23-25-27-29-31-33-35-37-39-41-44-47-51-55-59-63-67-71-75-81(86)83-79(78-84)80(85)74-70-66-62-58-54-50-46-18-16-14-12-10-8-6-4-2/h17,19-21,79-80,84-85H,3-16,18,22-78H2,1-2H3,(H,83,86)/b19-17-,21-20-. The molecule has 0 aromatic rings. The molecule has 0 heterocycles. The van der Waals surface area contributed by atoms with Crippen LogP contribution in [0.2, 0.25) is 0 Å². The summed E-state index contributed by atoms with van der Waals surface area (Å²) in [4.78, 5) is 24.6. The molecule has 0 aliphatic rings. The molecule has 0 radical (unpaired) electrons. The summed E-state index contributed by atoms with van der Waals surface area (Å²) < 4.78 is 5.51. The van der Waals surface area contributed by atoms with Crippen LogP contribution >= 0.6 is 0 Å². The second kappa shape index (κ2) is 77.8. The lowest BCUT2D eigenvalue weighted by Gasteiger charge is -2.22. The van der Waals surface area contributed by atoms with Gasteiger partial charge in [-0.15, -0.1) is 0 Å². The number of aliphatic hydroxyl groups excluding tert-OH is 2. The van der Waals surface area contributed by atoms with Gasteiger partial charge in [-0.1, -0.05) is 398 Å². The van der Waals surface area contributed by atoms with Crippen LogP contribution in [0.3, 0.4) is 0 Å². The van der Waals surface area contributed by atoms with E-state index in [1.54, 1.807) is 0 Å². The Balaban J connectivity index is 3.31. The topological polar surface area (TPSA) is 95.9 Å². The molecule has 2 atom stereocenters. The number of carbonyl (C=O) groups excluding carboxylic acids is 2. The fourth-order valence-corrected chi connectivity index (χ4v) is 13.0. The number of nitrogens with one attached hydrogen (secondary N) is 1. The number of amides is 1. The van der Waals surface area contributed by atoms with Crippen molar-refractivity contribution in [2.45, 2.75) is 475 Å². The Hall–Kier alpha value is -1.66. The second-order valence-electron chi connectivity index (χ2n) is 28.1. The summed E-state index contributed by atoms with van der Waals surface area (Å²) in [6.07, 6.45) is 100. The van der Waals surface area contributed by atoms with E-state index in [0.29, 0.717) is 25.9 Å². The van der Waals surface area contributed by atoms with E-state index in [1.165, 1.54) is 392 Å². The largest absolute Gasteiger partial charge is 0.466 e. The van der Waals surface area contributed by atoms with Gasteiger partial charge in [0.1, 0.15) is 0 Å². The molecule has 88 heavy (non-hydrogen) atoms.